The summed E-state index contributed by atoms with van der Waals surface area (Å²) in [6.07, 6.45) is 5.73. The van der Waals surface area contributed by atoms with Crippen LogP contribution in [0.5, 0.6) is 0 Å². The first kappa shape index (κ1) is 14.9. The van der Waals surface area contributed by atoms with Gasteiger partial charge in [0, 0.05) is 17.6 Å². The van der Waals surface area contributed by atoms with Crippen LogP contribution in [0, 0.1) is 6.92 Å². The molecule has 3 nitrogen and oxygen atoms in total. The highest BCUT2D eigenvalue weighted by Crippen LogP contribution is 2.53. The topological polar surface area (TPSA) is 38.0 Å². The third-order valence-electron chi connectivity index (χ3n) is 4.17. The third kappa shape index (κ3) is 2.96. The van der Waals surface area contributed by atoms with Gasteiger partial charge in [-0.3, -0.25) is 0 Å². The predicted molar refractivity (Wildman–Crippen MR) is 84.9 cm³/mol. The standard InChI is InChI=1S/C16H18Cl2N2O/c1-12-9-20(11-19-12)10-16(21,15(18)6-7-15)8-13-4-2-3-5-14(13)17/h2-5,9,11,21H,6-8,10H2,1H3. The van der Waals surface area contributed by atoms with E-state index in [-0.39, 0.29) is 0 Å². The number of benzene rings is 1. The van der Waals surface area contributed by atoms with E-state index in [0.29, 0.717) is 18.0 Å². The van der Waals surface area contributed by atoms with Crippen LogP contribution in [0.1, 0.15) is 24.1 Å². The highest BCUT2D eigenvalue weighted by Gasteiger charge is 2.57. The summed E-state index contributed by atoms with van der Waals surface area (Å²) >= 11 is 12.8. The van der Waals surface area contributed by atoms with Gasteiger partial charge in [0.2, 0.25) is 0 Å². The van der Waals surface area contributed by atoms with Crippen molar-refractivity contribution < 1.29 is 5.11 Å². The van der Waals surface area contributed by atoms with Crippen molar-refractivity contribution in [3.8, 4) is 0 Å². The van der Waals surface area contributed by atoms with Gasteiger partial charge in [0.05, 0.1) is 23.4 Å². The fourth-order valence-corrected chi connectivity index (χ4v) is 3.17. The Morgan fingerprint density at radius 1 is 1.38 bits per heavy atom. The van der Waals surface area contributed by atoms with Crippen LogP contribution in [0.4, 0.5) is 0 Å². The fraction of sp³-hybridized carbons (Fsp3) is 0.438. The number of nitrogens with zero attached hydrogens (tertiary/aromatic N) is 2. The molecule has 1 aromatic heterocycles. The van der Waals surface area contributed by atoms with E-state index >= 15 is 0 Å². The van der Waals surface area contributed by atoms with Gasteiger partial charge >= 0.3 is 0 Å². The highest BCUT2D eigenvalue weighted by atomic mass is 35.5. The van der Waals surface area contributed by atoms with Crippen molar-refractivity contribution in [3.63, 3.8) is 0 Å². The molecule has 112 valence electrons. The molecule has 1 aliphatic rings. The van der Waals surface area contributed by atoms with Gasteiger partial charge in [-0.25, -0.2) is 4.98 Å². The zero-order valence-corrected chi connectivity index (χ0v) is 13.4. The van der Waals surface area contributed by atoms with E-state index in [4.69, 9.17) is 23.2 Å². The van der Waals surface area contributed by atoms with E-state index in [0.717, 1.165) is 24.1 Å². The fourth-order valence-electron chi connectivity index (χ4n) is 2.75. The molecule has 1 N–H and O–H groups in total. The Kier molecular flexibility index (Phi) is 3.76. The molecular weight excluding hydrogens is 307 g/mol. The number of halogens is 2. The molecule has 2 aromatic rings. The first-order valence-electron chi connectivity index (χ1n) is 7.05. The zero-order valence-electron chi connectivity index (χ0n) is 11.9. The molecule has 1 unspecified atom stereocenters. The van der Waals surface area contributed by atoms with Crippen LogP contribution in [0.3, 0.4) is 0 Å². The van der Waals surface area contributed by atoms with Gasteiger partial charge in [0.25, 0.3) is 0 Å². The predicted octanol–water partition coefficient (Wildman–Crippen LogP) is 3.59. The van der Waals surface area contributed by atoms with Gasteiger partial charge in [0.1, 0.15) is 5.60 Å². The summed E-state index contributed by atoms with van der Waals surface area (Å²) in [7, 11) is 0. The summed E-state index contributed by atoms with van der Waals surface area (Å²) in [4.78, 5) is 3.65. The van der Waals surface area contributed by atoms with Crippen molar-refractivity contribution >= 4 is 23.2 Å². The SMILES string of the molecule is Cc1cn(CC(O)(Cc2ccccc2Cl)C2(Cl)CC2)cn1. The summed E-state index contributed by atoms with van der Waals surface area (Å²) in [5.41, 5.74) is 0.812. The summed E-state index contributed by atoms with van der Waals surface area (Å²) in [6, 6.07) is 7.59. The quantitative estimate of drug-likeness (QED) is 0.853. The number of alkyl halides is 1. The van der Waals surface area contributed by atoms with Crippen LogP contribution in [0.15, 0.2) is 36.8 Å². The molecule has 5 heteroatoms. The molecule has 1 aliphatic carbocycles. The minimum Gasteiger partial charge on any atom is -0.386 e. The molecule has 1 aromatic carbocycles. The number of rotatable bonds is 5. The molecule has 0 amide bonds. The molecule has 1 atom stereocenters. The summed E-state index contributed by atoms with van der Waals surface area (Å²) < 4.78 is 1.90. The van der Waals surface area contributed by atoms with Crippen molar-refractivity contribution in [3.05, 3.63) is 53.1 Å². The molecule has 21 heavy (non-hydrogen) atoms. The lowest BCUT2D eigenvalue weighted by Crippen LogP contribution is -2.47. The van der Waals surface area contributed by atoms with Crippen LogP contribution >= 0.6 is 23.2 Å². The van der Waals surface area contributed by atoms with Crippen LogP contribution in [0.25, 0.3) is 0 Å². The molecule has 3 rings (SSSR count). The maximum absolute atomic E-state index is 11.2. The largest absolute Gasteiger partial charge is 0.386 e. The Balaban J connectivity index is 1.89. The number of hydrogen-bond acceptors (Lipinski definition) is 2. The second kappa shape index (κ2) is 5.31. The van der Waals surface area contributed by atoms with Crippen molar-refractivity contribution in [1.82, 2.24) is 9.55 Å². The smallest absolute Gasteiger partial charge is 0.106 e. The normalized spacial score (nSPS) is 19.2. The maximum Gasteiger partial charge on any atom is 0.106 e. The number of aromatic nitrogens is 2. The third-order valence-corrected chi connectivity index (χ3v) is 5.27. The van der Waals surface area contributed by atoms with Gasteiger partial charge in [-0.05, 0) is 31.4 Å². The summed E-state index contributed by atoms with van der Waals surface area (Å²) in [5, 5.41) is 11.9. The van der Waals surface area contributed by atoms with E-state index in [1.54, 1.807) is 6.33 Å². The number of hydrogen-bond donors (Lipinski definition) is 1. The molecule has 1 fully saturated rings. The first-order chi connectivity index (χ1) is 9.92. The molecule has 0 bridgehead atoms. The Labute approximate surface area is 134 Å². The van der Waals surface area contributed by atoms with Crippen LogP contribution in [-0.2, 0) is 13.0 Å². The van der Waals surface area contributed by atoms with Crippen molar-refractivity contribution in [1.29, 1.82) is 0 Å². The lowest BCUT2D eigenvalue weighted by Gasteiger charge is -2.33. The average Bonchev–Trinajstić information content (AvgIpc) is 3.07. The van der Waals surface area contributed by atoms with Crippen LogP contribution in [0.2, 0.25) is 5.02 Å². The minimum atomic E-state index is -1.04. The van der Waals surface area contributed by atoms with E-state index < -0.39 is 10.5 Å². The second-order valence-corrected chi connectivity index (χ2v) is 7.08. The Bertz CT molecular complexity index is 651. The van der Waals surface area contributed by atoms with Gasteiger partial charge in [-0.15, -0.1) is 11.6 Å². The lowest BCUT2D eigenvalue weighted by molar-refractivity contribution is 0.0109. The molecule has 0 radical (unpaired) electrons. The van der Waals surface area contributed by atoms with Gasteiger partial charge in [0.15, 0.2) is 0 Å². The Morgan fingerprint density at radius 2 is 2.10 bits per heavy atom. The number of imidazole rings is 1. The van der Waals surface area contributed by atoms with E-state index in [2.05, 4.69) is 4.98 Å². The summed E-state index contributed by atoms with van der Waals surface area (Å²) in [5.74, 6) is 0. The minimum absolute atomic E-state index is 0.419. The Hall–Kier alpha value is -1.03. The van der Waals surface area contributed by atoms with Gasteiger partial charge in [-0.2, -0.15) is 0 Å². The maximum atomic E-state index is 11.2. The van der Waals surface area contributed by atoms with Crippen LogP contribution in [-0.4, -0.2) is 25.1 Å². The zero-order chi connectivity index (χ0) is 15.1. The van der Waals surface area contributed by atoms with Gasteiger partial charge in [-0.1, -0.05) is 29.8 Å². The monoisotopic (exact) mass is 324 g/mol. The molecular formula is C16H18Cl2N2O. The van der Waals surface area contributed by atoms with Crippen molar-refractivity contribution in [2.45, 2.75) is 43.2 Å². The first-order valence-corrected chi connectivity index (χ1v) is 7.81. The Morgan fingerprint density at radius 3 is 2.67 bits per heavy atom. The second-order valence-electron chi connectivity index (χ2n) is 5.95. The molecule has 0 aliphatic heterocycles. The van der Waals surface area contributed by atoms with E-state index in [9.17, 15) is 5.11 Å². The molecule has 0 spiro atoms. The van der Waals surface area contributed by atoms with Crippen molar-refractivity contribution in [2.24, 2.45) is 0 Å². The molecule has 0 saturated heterocycles. The molecule has 1 heterocycles. The van der Waals surface area contributed by atoms with Crippen LogP contribution < -0.4 is 0 Å². The van der Waals surface area contributed by atoms with Gasteiger partial charge < -0.3 is 9.67 Å². The van der Waals surface area contributed by atoms with E-state index in [1.807, 2.05) is 42.0 Å². The lowest BCUT2D eigenvalue weighted by atomic mass is 9.89. The number of aliphatic hydroxyl groups is 1. The highest BCUT2D eigenvalue weighted by molar-refractivity contribution is 6.31. The summed E-state index contributed by atoms with van der Waals surface area (Å²) in [6.45, 7) is 2.35. The molecule has 1 saturated carbocycles. The van der Waals surface area contributed by atoms with Crippen molar-refractivity contribution in [2.75, 3.05) is 0 Å². The average molecular weight is 325 g/mol. The number of aryl methyl sites for hydroxylation is 1. The van der Waals surface area contributed by atoms with E-state index in [1.165, 1.54) is 0 Å².